The molecule has 1 heterocycles. The zero-order valence-corrected chi connectivity index (χ0v) is 11.0. The molecule has 3 nitrogen and oxygen atoms in total. The molecule has 2 N–H and O–H groups in total. The summed E-state index contributed by atoms with van der Waals surface area (Å²) in [6.07, 6.45) is 1.87. The summed E-state index contributed by atoms with van der Waals surface area (Å²) in [4.78, 5) is 14.3. The summed E-state index contributed by atoms with van der Waals surface area (Å²) < 4.78 is 12.9. The summed E-state index contributed by atoms with van der Waals surface area (Å²) in [7, 11) is 0. The third-order valence-corrected chi connectivity index (χ3v) is 3.56. The van der Waals surface area contributed by atoms with Gasteiger partial charge in [0.05, 0.1) is 0 Å². The molecule has 0 atom stereocenters. The Hall–Kier alpha value is -2.36. The molecule has 1 amide bonds. The average molecular weight is 270 g/mol. The number of fused-ring (bicyclic) bond motifs is 1. The number of carbonyl (C=O) groups is 1. The van der Waals surface area contributed by atoms with Gasteiger partial charge in [-0.1, -0.05) is 6.07 Å². The van der Waals surface area contributed by atoms with Gasteiger partial charge in [0.2, 0.25) is 0 Å². The maximum absolute atomic E-state index is 12.9. The first kappa shape index (κ1) is 12.7. The number of benzene rings is 2. The SMILES string of the molecule is Nc1ccc2c(c1)N(C(=O)c1ccc(F)cc1)CCC2. The summed E-state index contributed by atoms with van der Waals surface area (Å²) in [6.45, 7) is 0.659. The molecule has 20 heavy (non-hydrogen) atoms. The molecule has 0 fully saturated rings. The molecule has 2 aromatic rings. The maximum atomic E-state index is 12.9. The number of aryl methyl sites for hydroxylation is 1. The number of halogens is 1. The number of nitrogen functional groups attached to an aromatic ring is 1. The third kappa shape index (κ3) is 2.25. The van der Waals surface area contributed by atoms with Gasteiger partial charge in [0, 0.05) is 23.5 Å². The lowest BCUT2D eigenvalue weighted by atomic mass is 10.00. The smallest absolute Gasteiger partial charge is 0.258 e. The topological polar surface area (TPSA) is 46.3 Å². The van der Waals surface area contributed by atoms with Crippen molar-refractivity contribution in [2.24, 2.45) is 0 Å². The molecule has 0 bridgehead atoms. The van der Waals surface area contributed by atoms with E-state index >= 15 is 0 Å². The minimum absolute atomic E-state index is 0.114. The van der Waals surface area contributed by atoms with Crippen LogP contribution in [0.3, 0.4) is 0 Å². The van der Waals surface area contributed by atoms with Crippen LogP contribution in [0.25, 0.3) is 0 Å². The number of hydrogen-bond acceptors (Lipinski definition) is 2. The molecule has 0 unspecified atom stereocenters. The highest BCUT2D eigenvalue weighted by Crippen LogP contribution is 2.30. The Morgan fingerprint density at radius 3 is 2.65 bits per heavy atom. The van der Waals surface area contributed by atoms with Gasteiger partial charge in [-0.15, -0.1) is 0 Å². The Labute approximate surface area is 116 Å². The zero-order valence-electron chi connectivity index (χ0n) is 11.0. The summed E-state index contributed by atoms with van der Waals surface area (Å²) in [5, 5.41) is 0. The van der Waals surface area contributed by atoms with E-state index in [4.69, 9.17) is 5.73 Å². The maximum Gasteiger partial charge on any atom is 0.258 e. The molecule has 1 aliphatic heterocycles. The number of amides is 1. The molecular formula is C16H15FN2O. The van der Waals surface area contributed by atoms with E-state index in [1.807, 2.05) is 18.2 Å². The highest BCUT2D eigenvalue weighted by molar-refractivity contribution is 6.06. The van der Waals surface area contributed by atoms with Crippen molar-refractivity contribution < 1.29 is 9.18 Å². The fourth-order valence-corrected chi connectivity index (χ4v) is 2.55. The van der Waals surface area contributed by atoms with Gasteiger partial charge in [0.15, 0.2) is 0 Å². The Morgan fingerprint density at radius 2 is 1.90 bits per heavy atom. The first-order valence-corrected chi connectivity index (χ1v) is 6.61. The van der Waals surface area contributed by atoms with Crippen LogP contribution in [0.5, 0.6) is 0 Å². The third-order valence-electron chi connectivity index (χ3n) is 3.56. The summed E-state index contributed by atoms with van der Waals surface area (Å²) in [6, 6.07) is 11.3. The van der Waals surface area contributed by atoms with Crippen LogP contribution in [-0.2, 0) is 6.42 Å². The Kier molecular flexibility index (Phi) is 3.14. The lowest BCUT2D eigenvalue weighted by molar-refractivity contribution is 0.0985. The Balaban J connectivity index is 1.97. The summed E-state index contributed by atoms with van der Waals surface area (Å²) in [5.74, 6) is -0.457. The van der Waals surface area contributed by atoms with Crippen LogP contribution in [-0.4, -0.2) is 12.5 Å². The van der Waals surface area contributed by atoms with Crippen LogP contribution in [0.2, 0.25) is 0 Å². The number of nitrogens with zero attached hydrogens (tertiary/aromatic N) is 1. The highest BCUT2D eigenvalue weighted by atomic mass is 19.1. The normalized spacial score (nSPS) is 13.9. The molecular weight excluding hydrogens is 255 g/mol. The predicted octanol–water partition coefficient (Wildman–Crippen LogP) is 3.00. The lowest BCUT2D eigenvalue weighted by Gasteiger charge is -2.29. The monoisotopic (exact) mass is 270 g/mol. The van der Waals surface area contributed by atoms with Crippen molar-refractivity contribution in [3.8, 4) is 0 Å². The van der Waals surface area contributed by atoms with Gasteiger partial charge in [-0.25, -0.2) is 4.39 Å². The van der Waals surface area contributed by atoms with E-state index < -0.39 is 0 Å². The van der Waals surface area contributed by atoms with Crippen LogP contribution in [0.4, 0.5) is 15.8 Å². The van der Waals surface area contributed by atoms with Crippen molar-refractivity contribution in [3.05, 3.63) is 59.4 Å². The van der Waals surface area contributed by atoms with Crippen LogP contribution in [0.15, 0.2) is 42.5 Å². The first-order chi connectivity index (χ1) is 9.65. The van der Waals surface area contributed by atoms with Gasteiger partial charge in [-0.2, -0.15) is 0 Å². The van der Waals surface area contributed by atoms with E-state index in [2.05, 4.69) is 0 Å². The lowest BCUT2D eigenvalue weighted by Crippen LogP contribution is -2.35. The van der Waals surface area contributed by atoms with Crippen molar-refractivity contribution >= 4 is 17.3 Å². The molecule has 0 aliphatic carbocycles. The van der Waals surface area contributed by atoms with Crippen LogP contribution in [0.1, 0.15) is 22.3 Å². The quantitative estimate of drug-likeness (QED) is 0.810. The van der Waals surface area contributed by atoms with Gasteiger partial charge in [-0.3, -0.25) is 4.79 Å². The fraction of sp³-hybridized carbons (Fsp3) is 0.188. The molecule has 0 aromatic heterocycles. The molecule has 2 aromatic carbocycles. The molecule has 0 saturated carbocycles. The number of anilines is 2. The van der Waals surface area contributed by atoms with Crippen LogP contribution < -0.4 is 10.6 Å². The van der Waals surface area contributed by atoms with Gasteiger partial charge >= 0.3 is 0 Å². The molecule has 0 radical (unpaired) electrons. The first-order valence-electron chi connectivity index (χ1n) is 6.61. The second kappa shape index (κ2) is 4.96. The summed E-state index contributed by atoms with van der Waals surface area (Å²) >= 11 is 0. The van der Waals surface area contributed by atoms with Crippen molar-refractivity contribution in [2.75, 3.05) is 17.2 Å². The average Bonchev–Trinajstić information content (AvgIpc) is 2.46. The van der Waals surface area contributed by atoms with E-state index in [-0.39, 0.29) is 11.7 Å². The zero-order chi connectivity index (χ0) is 14.1. The van der Waals surface area contributed by atoms with Gasteiger partial charge in [0.25, 0.3) is 5.91 Å². The second-order valence-corrected chi connectivity index (χ2v) is 4.96. The predicted molar refractivity (Wildman–Crippen MR) is 77.3 cm³/mol. The number of hydrogen-bond donors (Lipinski definition) is 1. The minimum atomic E-state index is -0.343. The number of rotatable bonds is 1. The molecule has 1 aliphatic rings. The molecule has 3 rings (SSSR count). The van der Waals surface area contributed by atoms with E-state index in [0.717, 1.165) is 24.1 Å². The molecule has 102 valence electrons. The van der Waals surface area contributed by atoms with Gasteiger partial charge in [-0.05, 0) is 54.8 Å². The second-order valence-electron chi connectivity index (χ2n) is 4.96. The minimum Gasteiger partial charge on any atom is -0.399 e. The van der Waals surface area contributed by atoms with Crippen LogP contribution in [0, 0.1) is 5.82 Å². The van der Waals surface area contributed by atoms with Gasteiger partial charge < -0.3 is 10.6 Å². The Bertz CT molecular complexity index is 652. The standard InChI is InChI=1S/C16H15FN2O/c17-13-6-3-12(4-7-13)16(20)19-9-1-2-11-5-8-14(18)10-15(11)19/h3-8,10H,1-2,9,18H2. The van der Waals surface area contributed by atoms with E-state index in [9.17, 15) is 9.18 Å². The van der Waals surface area contributed by atoms with E-state index in [1.54, 1.807) is 4.90 Å². The fourth-order valence-electron chi connectivity index (χ4n) is 2.55. The van der Waals surface area contributed by atoms with Crippen molar-refractivity contribution in [1.29, 1.82) is 0 Å². The largest absolute Gasteiger partial charge is 0.399 e. The molecule has 4 heteroatoms. The van der Waals surface area contributed by atoms with Crippen molar-refractivity contribution in [2.45, 2.75) is 12.8 Å². The Morgan fingerprint density at radius 1 is 1.15 bits per heavy atom. The summed E-state index contributed by atoms with van der Waals surface area (Å²) in [5.41, 5.74) is 8.94. The molecule has 0 spiro atoms. The van der Waals surface area contributed by atoms with Crippen molar-refractivity contribution in [3.63, 3.8) is 0 Å². The number of carbonyl (C=O) groups excluding carboxylic acids is 1. The van der Waals surface area contributed by atoms with Gasteiger partial charge in [0.1, 0.15) is 5.82 Å². The number of nitrogens with two attached hydrogens (primary N) is 1. The highest BCUT2D eigenvalue weighted by Gasteiger charge is 2.23. The van der Waals surface area contributed by atoms with Crippen LogP contribution >= 0.6 is 0 Å². The van der Waals surface area contributed by atoms with E-state index in [1.165, 1.54) is 24.3 Å². The molecule has 0 saturated heterocycles. The van der Waals surface area contributed by atoms with Crippen molar-refractivity contribution in [1.82, 2.24) is 0 Å². The van der Waals surface area contributed by atoms with E-state index in [0.29, 0.717) is 17.8 Å².